The molecule has 0 aliphatic carbocycles. The molecule has 2 aromatic heterocycles. The van der Waals surface area contributed by atoms with Gasteiger partial charge in [-0.25, -0.2) is 4.68 Å². The summed E-state index contributed by atoms with van der Waals surface area (Å²) >= 11 is 1.62. The second-order valence-corrected chi connectivity index (χ2v) is 4.80. The predicted octanol–water partition coefficient (Wildman–Crippen LogP) is 3.03. The van der Waals surface area contributed by atoms with Crippen molar-refractivity contribution in [1.29, 1.82) is 0 Å². The lowest BCUT2D eigenvalue weighted by Gasteiger charge is -1.96. The molecule has 0 amide bonds. The fourth-order valence-electron chi connectivity index (χ4n) is 1.45. The first-order chi connectivity index (χ1) is 8.81. The van der Waals surface area contributed by atoms with Crippen LogP contribution >= 0.6 is 11.3 Å². The molecule has 0 aliphatic rings. The molecule has 2 rings (SSSR count). The first-order valence-electron chi connectivity index (χ1n) is 6.06. The lowest BCUT2D eigenvalue weighted by molar-refractivity contribution is 0.559. The van der Waals surface area contributed by atoms with Crippen molar-refractivity contribution in [3.8, 4) is 0 Å². The van der Waals surface area contributed by atoms with Gasteiger partial charge in [0, 0.05) is 11.9 Å². The molecule has 0 saturated carbocycles. The lowest BCUT2D eigenvalue weighted by Crippen LogP contribution is -2.12. The standard InChI is InChI=1S/C13H17N3OS/c1-3-4-7-14-13-16(11(2)10-18-13)15-9-12-6-5-8-17-12/h5-6,8-10H,3-4,7H2,1-2H3. The molecule has 0 aliphatic heterocycles. The van der Waals surface area contributed by atoms with E-state index in [9.17, 15) is 0 Å². The molecule has 0 bridgehead atoms. The van der Waals surface area contributed by atoms with Crippen LogP contribution in [0, 0.1) is 6.92 Å². The van der Waals surface area contributed by atoms with Crippen molar-refractivity contribution in [2.45, 2.75) is 26.7 Å². The van der Waals surface area contributed by atoms with Crippen LogP contribution in [0.3, 0.4) is 0 Å². The SMILES string of the molecule is CCCCN=c1scc(C)n1N=Cc1ccco1. The molecule has 0 unspecified atom stereocenters. The van der Waals surface area contributed by atoms with Crippen LogP contribution in [0.4, 0.5) is 0 Å². The van der Waals surface area contributed by atoms with Gasteiger partial charge in [-0.2, -0.15) is 5.10 Å². The van der Waals surface area contributed by atoms with Gasteiger partial charge in [0.15, 0.2) is 0 Å². The third-order valence-electron chi connectivity index (χ3n) is 2.45. The van der Waals surface area contributed by atoms with Gasteiger partial charge in [0.2, 0.25) is 4.80 Å². The van der Waals surface area contributed by atoms with Gasteiger partial charge < -0.3 is 4.42 Å². The van der Waals surface area contributed by atoms with Crippen LogP contribution < -0.4 is 4.80 Å². The molecular formula is C13H17N3OS. The summed E-state index contributed by atoms with van der Waals surface area (Å²) in [6.07, 6.45) is 5.61. The minimum atomic E-state index is 0.743. The first-order valence-corrected chi connectivity index (χ1v) is 6.94. The molecule has 0 fully saturated rings. The number of furan rings is 1. The molecule has 2 heterocycles. The molecule has 0 saturated heterocycles. The van der Waals surface area contributed by atoms with Gasteiger partial charge >= 0.3 is 0 Å². The summed E-state index contributed by atoms with van der Waals surface area (Å²) in [5, 5.41) is 6.46. The Bertz CT molecular complexity index is 563. The van der Waals surface area contributed by atoms with Gasteiger partial charge in [-0.1, -0.05) is 13.3 Å². The number of nitrogens with zero attached hydrogens (tertiary/aromatic N) is 3. The minimum absolute atomic E-state index is 0.743. The summed E-state index contributed by atoms with van der Waals surface area (Å²) < 4.78 is 7.07. The number of unbranched alkanes of at least 4 members (excludes halogenated alkanes) is 1. The van der Waals surface area contributed by atoms with Crippen molar-refractivity contribution < 1.29 is 4.42 Å². The van der Waals surface area contributed by atoms with Crippen molar-refractivity contribution in [2.75, 3.05) is 6.54 Å². The van der Waals surface area contributed by atoms with Gasteiger partial charge in [0.1, 0.15) is 5.76 Å². The Morgan fingerprint density at radius 1 is 1.50 bits per heavy atom. The maximum atomic E-state index is 5.22. The Kier molecular flexibility index (Phi) is 4.52. The highest BCUT2D eigenvalue weighted by atomic mass is 32.1. The zero-order valence-corrected chi connectivity index (χ0v) is 11.5. The van der Waals surface area contributed by atoms with Gasteiger partial charge in [-0.3, -0.25) is 4.99 Å². The Balaban J connectivity index is 2.21. The summed E-state index contributed by atoms with van der Waals surface area (Å²) in [7, 11) is 0. The van der Waals surface area contributed by atoms with E-state index in [0.717, 1.165) is 35.6 Å². The van der Waals surface area contributed by atoms with Crippen LogP contribution in [0.15, 0.2) is 38.3 Å². The second kappa shape index (κ2) is 6.35. The van der Waals surface area contributed by atoms with E-state index in [-0.39, 0.29) is 0 Å². The smallest absolute Gasteiger partial charge is 0.205 e. The normalized spacial score (nSPS) is 12.7. The monoisotopic (exact) mass is 263 g/mol. The highest BCUT2D eigenvalue weighted by molar-refractivity contribution is 7.07. The second-order valence-electron chi connectivity index (χ2n) is 3.97. The number of aromatic nitrogens is 1. The highest BCUT2D eigenvalue weighted by Gasteiger charge is 1.98. The van der Waals surface area contributed by atoms with Crippen molar-refractivity contribution in [1.82, 2.24) is 4.68 Å². The molecule has 5 heteroatoms. The van der Waals surface area contributed by atoms with E-state index in [1.165, 1.54) is 0 Å². The zero-order chi connectivity index (χ0) is 12.8. The highest BCUT2D eigenvalue weighted by Crippen LogP contribution is 2.01. The average Bonchev–Trinajstić information content (AvgIpc) is 2.98. The van der Waals surface area contributed by atoms with E-state index in [1.54, 1.807) is 23.8 Å². The lowest BCUT2D eigenvalue weighted by atomic mass is 10.3. The van der Waals surface area contributed by atoms with E-state index in [2.05, 4.69) is 22.4 Å². The van der Waals surface area contributed by atoms with Crippen molar-refractivity contribution in [3.63, 3.8) is 0 Å². The topological polar surface area (TPSA) is 42.8 Å². The summed E-state index contributed by atoms with van der Waals surface area (Å²) in [5.74, 6) is 0.743. The summed E-state index contributed by atoms with van der Waals surface area (Å²) in [6, 6.07) is 3.72. The van der Waals surface area contributed by atoms with Crippen LogP contribution in [0.1, 0.15) is 31.2 Å². The first kappa shape index (κ1) is 12.8. The maximum absolute atomic E-state index is 5.22. The molecular weight excluding hydrogens is 246 g/mol. The quantitative estimate of drug-likeness (QED) is 0.604. The van der Waals surface area contributed by atoms with Crippen molar-refractivity contribution >= 4 is 17.6 Å². The molecule has 0 N–H and O–H groups in total. The van der Waals surface area contributed by atoms with Crippen LogP contribution in [0.2, 0.25) is 0 Å². The summed E-state index contributed by atoms with van der Waals surface area (Å²) in [6.45, 7) is 5.04. The molecule has 0 atom stereocenters. The minimum Gasteiger partial charge on any atom is -0.463 e. The van der Waals surface area contributed by atoms with E-state index >= 15 is 0 Å². The van der Waals surface area contributed by atoms with Crippen molar-refractivity contribution in [2.24, 2.45) is 10.1 Å². The number of thiazole rings is 1. The Morgan fingerprint density at radius 2 is 2.39 bits per heavy atom. The largest absolute Gasteiger partial charge is 0.463 e. The predicted molar refractivity (Wildman–Crippen MR) is 74.1 cm³/mol. The fourth-order valence-corrected chi connectivity index (χ4v) is 2.28. The van der Waals surface area contributed by atoms with Crippen LogP contribution in [0.25, 0.3) is 0 Å². The van der Waals surface area contributed by atoms with E-state index < -0.39 is 0 Å². The van der Waals surface area contributed by atoms with E-state index in [0.29, 0.717) is 0 Å². The molecule has 96 valence electrons. The van der Waals surface area contributed by atoms with Gasteiger partial charge in [0.25, 0.3) is 0 Å². The third-order valence-corrected chi connectivity index (χ3v) is 3.42. The van der Waals surface area contributed by atoms with Crippen molar-refractivity contribution in [3.05, 3.63) is 40.0 Å². The van der Waals surface area contributed by atoms with E-state index in [1.807, 2.05) is 23.7 Å². The number of rotatable bonds is 5. The number of hydrogen-bond acceptors (Lipinski definition) is 4. The third kappa shape index (κ3) is 3.20. The Labute approximate surface area is 110 Å². The summed E-state index contributed by atoms with van der Waals surface area (Å²) in [4.78, 5) is 5.49. The van der Waals surface area contributed by atoms with Gasteiger partial charge in [-0.15, -0.1) is 11.3 Å². The summed E-state index contributed by atoms with van der Waals surface area (Å²) in [5.41, 5.74) is 1.08. The Hall–Kier alpha value is -1.62. The maximum Gasteiger partial charge on any atom is 0.205 e. The van der Waals surface area contributed by atoms with Crippen LogP contribution in [-0.2, 0) is 0 Å². The van der Waals surface area contributed by atoms with E-state index in [4.69, 9.17) is 4.42 Å². The number of hydrogen-bond donors (Lipinski definition) is 0. The molecule has 2 aromatic rings. The molecule has 4 nitrogen and oxygen atoms in total. The average molecular weight is 263 g/mol. The molecule has 0 radical (unpaired) electrons. The van der Waals surface area contributed by atoms with Gasteiger partial charge in [-0.05, 0) is 25.5 Å². The van der Waals surface area contributed by atoms with Gasteiger partial charge in [0.05, 0.1) is 18.2 Å². The van der Waals surface area contributed by atoms with Crippen LogP contribution in [0.5, 0.6) is 0 Å². The molecule has 18 heavy (non-hydrogen) atoms. The molecule has 0 spiro atoms. The van der Waals surface area contributed by atoms with Crippen LogP contribution in [-0.4, -0.2) is 17.4 Å². The number of aryl methyl sites for hydroxylation is 1. The fraction of sp³-hybridized carbons (Fsp3) is 0.385. The zero-order valence-electron chi connectivity index (χ0n) is 10.7. The molecule has 0 aromatic carbocycles. The Morgan fingerprint density at radius 3 is 3.11 bits per heavy atom.